The first-order valence-electron chi connectivity index (χ1n) is 7.59. The Labute approximate surface area is 145 Å². The fourth-order valence-electron chi connectivity index (χ4n) is 2.15. The third-order valence-electron chi connectivity index (χ3n) is 3.41. The van der Waals surface area contributed by atoms with E-state index in [1.165, 1.54) is 19.2 Å². The Balaban J connectivity index is 1.96. The zero-order valence-electron chi connectivity index (χ0n) is 13.9. The van der Waals surface area contributed by atoms with Gasteiger partial charge in [0.05, 0.1) is 7.11 Å². The van der Waals surface area contributed by atoms with Crippen molar-refractivity contribution in [2.75, 3.05) is 18.2 Å². The molecule has 25 heavy (non-hydrogen) atoms. The van der Waals surface area contributed by atoms with Crippen LogP contribution in [-0.4, -0.2) is 33.2 Å². The molecule has 0 atom stereocenters. The predicted octanol–water partition coefficient (Wildman–Crippen LogP) is 2.18. The molecule has 0 saturated heterocycles. The Morgan fingerprint density at radius 1 is 1.12 bits per heavy atom. The van der Waals surface area contributed by atoms with Crippen molar-refractivity contribution in [3.05, 3.63) is 53.5 Å². The normalized spacial score (nSPS) is 11.1. The molecule has 134 valence electrons. The van der Waals surface area contributed by atoms with Crippen LogP contribution in [0, 0.1) is 0 Å². The van der Waals surface area contributed by atoms with Gasteiger partial charge in [-0.25, -0.2) is 13.2 Å². The average Bonchev–Trinajstić information content (AvgIpc) is 3.01. The number of nitrogens with one attached hydrogen (secondary N) is 1. The maximum absolute atomic E-state index is 12.1. The molecule has 0 aliphatic carbocycles. The molecule has 1 aromatic carbocycles. The van der Waals surface area contributed by atoms with Gasteiger partial charge in [-0.15, -0.1) is 0 Å². The van der Waals surface area contributed by atoms with E-state index in [1.54, 1.807) is 12.1 Å². The predicted molar refractivity (Wildman–Crippen MR) is 92.0 cm³/mol. The number of hydrogen-bond acceptors (Lipinski definition) is 6. The lowest BCUT2D eigenvalue weighted by Gasteiger charge is -2.06. The summed E-state index contributed by atoms with van der Waals surface area (Å²) >= 11 is 0. The minimum absolute atomic E-state index is 0.0699. The van der Waals surface area contributed by atoms with E-state index in [4.69, 9.17) is 4.42 Å². The maximum atomic E-state index is 12.1. The van der Waals surface area contributed by atoms with Gasteiger partial charge >= 0.3 is 5.97 Å². The van der Waals surface area contributed by atoms with Crippen LogP contribution >= 0.6 is 0 Å². The van der Waals surface area contributed by atoms with Gasteiger partial charge in [0.2, 0.25) is 11.7 Å². The Morgan fingerprint density at radius 3 is 2.40 bits per heavy atom. The van der Waals surface area contributed by atoms with E-state index in [-0.39, 0.29) is 11.5 Å². The zero-order valence-corrected chi connectivity index (χ0v) is 14.8. The standard InChI is InChI=1S/C17H19NO6S/c1-3-12-4-6-13(7-5-12)18-16(19)11-25(21,22)10-14-8-9-15(24-14)17(20)23-2/h4-9H,3,10-11H2,1-2H3,(H,18,19). The summed E-state index contributed by atoms with van der Waals surface area (Å²) < 4.78 is 33.8. The zero-order chi connectivity index (χ0) is 18.4. The second kappa shape index (κ2) is 7.98. The van der Waals surface area contributed by atoms with Gasteiger partial charge < -0.3 is 14.5 Å². The molecule has 1 N–H and O–H groups in total. The molecule has 8 heteroatoms. The average molecular weight is 365 g/mol. The molecule has 0 unspecified atom stereocenters. The first-order valence-corrected chi connectivity index (χ1v) is 9.41. The summed E-state index contributed by atoms with van der Waals surface area (Å²) in [5.41, 5.74) is 1.65. The molecule has 0 saturated carbocycles. The summed E-state index contributed by atoms with van der Waals surface area (Å²) in [6, 6.07) is 9.86. The van der Waals surface area contributed by atoms with Gasteiger partial charge in [0.1, 0.15) is 17.3 Å². The van der Waals surface area contributed by atoms with Gasteiger partial charge in [0.25, 0.3) is 0 Å². The number of hydrogen-bond donors (Lipinski definition) is 1. The van der Waals surface area contributed by atoms with E-state index in [9.17, 15) is 18.0 Å². The van der Waals surface area contributed by atoms with E-state index in [2.05, 4.69) is 10.1 Å². The first-order chi connectivity index (χ1) is 11.8. The number of furan rings is 1. The van der Waals surface area contributed by atoms with Crippen molar-refractivity contribution in [2.24, 2.45) is 0 Å². The SMILES string of the molecule is CCc1ccc(NC(=O)CS(=O)(=O)Cc2ccc(C(=O)OC)o2)cc1. The molecule has 0 aliphatic rings. The minimum Gasteiger partial charge on any atom is -0.463 e. The third-order valence-corrected chi connectivity index (χ3v) is 4.83. The number of carbonyl (C=O) groups is 2. The Morgan fingerprint density at radius 2 is 1.80 bits per heavy atom. The molecule has 2 rings (SSSR count). The highest BCUT2D eigenvalue weighted by Gasteiger charge is 2.21. The van der Waals surface area contributed by atoms with Crippen molar-refractivity contribution in [2.45, 2.75) is 19.1 Å². The quantitative estimate of drug-likeness (QED) is 0.755. The number of anilines is 1. The van der Waals surface area contributed by atoms with E-state index in [1.807, 2.05) is 19.1 Å². The topological polar surface area (TPSA) is 103 Å². The van der Waals surface area contributed by atoms with Gasteiger partial charge in [0.15, 0.2) is 9.84 Å². The fourth-order valence-corrected chi connectivity index (χ4v) is 3.32. The highest BCUT2D eigenvalue weighted by Crippen LogP contribution is 2.14. The molecular weight excluding hydrogens is 346 g/mol. The first kappa shape index (κ1) is 18.7. The molecule has 7 nitrogen and oxygen atoms in total. The number of methoxy groups -OCH3 is 1. The van der Waals surface area contributed by atoms with Crippen LogP contribution in [0.5, 0.6) is 0 Å². The van der Waals surface area contributed by atoms with Crippen molar-refractivity contribution < 1.29 is 27.2 Å². The highest BCUT2D eigenvalue weighted by molar-refractivity contribution is 7.91. The summed E-state index contributed by atoms with van der Waals surface area (Å²) in [7, 11) is -2.55. The van der Waals surface area contributed by atoms with Crippen LogP contribution in [0.2, 0.25) is 0 Å². The van der Waals surface area contributed by atoms with Crippen molar-refractivity contribution in [3.63, 3.8) is 0 Å². The smallest absolute Gasteiger partial charge is 0.373 e. The van der Waals surface area contributed by atoms with Gasteiger partial charge in [-0.05, 0) is 36.2 Å². The van der Waals surface area contributed by atoms with E-state index in [0.717, 1.165) is 12.0 Å². The van der Waals surface area contributed by atoms with Gasteiger partial charge in [-0.1, -0.05) is 19.1 Å². The molecule has 0 fully saturated rings. The van der Waals surface area contributed by atoms with Crippen LogP contribution in [-0.2, 0) is 31.5 Å². The molecular formula is C17H19NO6S. The summed E-state index contributed by atoms with van der Waals surface area (Å²) in [5, 5.41) is 2.54. The van der Waals surface area contributed by atoms with Crippen LogP contribution in [0.15, 0.2) is 40.8 Å². The lowest BCUT2D eigenvalue weighted by atomic mass is 10.1. The van der Waals surface area contributed by atoms with Crippen molar-refractivity contribution in [3.8, 4) is 0 Å². The van der Waals surface area contributed by atoms with Crippen LogP contribution in [0.4, 0.5) is 5.69 Å². The number of ether oxygens (including phenoxy) is 1. The molecule has 0 radical (unpaired) electrons. The van der Waals surface area contributed by atoms with Crippen LogP contribution in [0.3, 0.4) is 0 Å². The van der Waals surface area contributed by atoms with Crippen molar-refractivity contribution >= 4 is 27.4 Å². The number of esters is 1. The van der Waals surface area contributed by atoms with Crippen LogP contribution in [0.1, 0.15) is 28.8 Å². The van der Waals surface area contributed by atoms with Crippen LogP contribution in [0.25, 0.3) is 0 Å². The van der Waals surface area contributed by atoms with E-state index >= 15 is 0 Å². The van der Waals surface area contributed by atoms with Gasteiger partial charge in [-0.3, -0.25) is 4.79 Å². The summed E-state index contributed by atoms with van der Waals surface area (Å²) in [5.74, 6) is -2.52. The minimum atomic E-state index is -3.74. The number of benzene rings is 1. The highest BCUT2D eigenvalue weighted by atomic mass is 32.2. The molecule has 1 heterocycles. The lowest BCUT2D eigenvalue weighted by molar-refractivity contribution is -0.113. The number of sulfone groups is 1. The molecule has 2 aromatic rings. The molecule has 0 spiro atoms. The Kier molecular flexibility index (Phi) is 5.97. The lowest BCUT2D eigenvalue weighted by Crippen LogP contribution is -2.23. The molecule has 0 aliphatic heterocycles. The number of aryl methyl sites for hydroxylation is 1. The Bertz CT molecular complexity index is 852. The largest absolute Gasteiger partial charge is 0.463 e. The molecule has 0 bridgehead atoms. The van der Waals surface area contributed by atoms with Crippen LogP contribution < -0.4 is 5.32 Å². The summed E-state index contributed by atoms with van der Waals surface area (Å²) in [6.07, 6.45) is 0.874. The van der Waals surface area contributed by atoms with Gasteiger partial charge in [0, 0.05) is 5.69 Å². The monoisotopic (exact) mass is 365 g/mol. The summed E-state index contributed by atoms with van der Waals surface area (Å²) in [6.45, 7) is 2.01. The fraction of sp³-hybridized carbons (Fsp3) is 0.294. The second-order valence-corrected chi connectivity index (χ2v) is 7.45. The molecule has 1 aromatic heterocycles. The number of carbonyl (C=O) groups excluding carboxylic acids is 2. The maximum Gasteiger partial charge on any atom is 0.373 e. The second-order valence-electron chi connectivity index (χ2n) is 5.39. The van der Waals surface area contributed by atoms with E-state index < -0.39 is 33.2 Å². The third kappa shape index (κ3) is 5.46. The van der Waals surface area contributed by atoms with Crippen molar-refractivity contribution in [1.82, 2.24) is 0 Å². The molecule has 1 amide bonds. The Hall–Kier alpha value is -2.61. The number of amides is 1. The summed E-state index contributed by atoms with van der Waals surface area (Å²) in [4.78, 5) is 23.2. The van der Waals surface area contributed by atoms with Gasteiger partial charge in [-0.2, -0.15) is 0 Å². The number of rotatable bonds is 7. The van der Waals surface area contributed by atoms with E-state index in [0.29, 0.717) is 5.69 Å². The van der Waals surface area contributed by atoms with Crippen molar-refractivity contribution in [1.29, 1.82) is 0 Å².